The van der Waals surface area contributed by atoms with Crippen LogP contribution in [0.5, 0.6) is 5.88 Å². The highest BCUT2D eigenvalue weighted by atomic mass is 16.5. The second-order valence-electron chi connectivity index (χ2n) is 5.98. The van der Waals surface area contributed by atoms with E-state index in [1.807, 2.05) is 17.9 Å². The monoisotopic (exact) mass is 314 g/mol. The number of likely N-dealkylation sites (tertiary alicyclic amines) is 1. The molecule has 0 N–H and O–H groups in total. The summed E-state index contributed by atoms with van der Waals surface area (Å²) in [5.41, 5.74) is 2.18. The van der Waals surface area contributed by atoms with Gasteiger partial charge in [-0.2, -0.15) is 0 Å². The quantitative estimate of drug-likeness (QED) is 0.870. The fourth-order valence-electron chi connectivity index (χ4n) is 3.14. The third-order valence-corrected chi connectivity index (χ3v) is 4.60. The number of nitrogens with zero attached hydrogens (tertiary/aromatic N) is 2. The summed E-state index contributed by atoms with van der Waals surface area (Å²) in [6.45, 7) is 3.45. The second-order valence-corrected chi connectivity index (χ2v) is 5.98. The number of amides is 1. The molecule has 1 aromatic heterocycles. The molecule has 3 rings (SSSR count). The molecule has 0 spiro atoms. The van der Waals surface area contributed by atoms with Crippen LogP contribution in [0.25, 0.3) is 0 Å². The van der Waals surface area contributed by atoms with Gasteiger partial charge in [-0.05, 0) is 36.4 Å². The molecule has 0 radical (unpaired) electrons. The lowest BCUT2D eigenvalue weighted by atomic mass is 9.89. The number of hydrogen-bond acceptors (Lipinski definition) is 4. The number of hydrogen-bond donors (Lipinski definition) is 0. The molecule has 1 saturated heterocycles. The molecule has 0 atom stereocenters. The van der Waals surface area contributed by atoms with Crippen LogP contribution in [0.3, 0.4) is 0 Å². The number of piperidine rings is 1. The Hall–Kier alpha value is -2.30. The Kier molecular flexibility index (Phi) is 4.65. The van der Waals surface area contributed by atoms with Gasteiger partial charge >= 0.3 is 0 Å². The van der Waals surface area contributed by atoms with Crippen LogP contribution in [-0.2, 0) is 11.2 Å². The number of aromatic nitrogens is 1. The summed E-state index contributed by atoms with van der Waals surface area (Å²) >= 11 is 0. The first-order valence-corrected chi connectivity index (χ1v) is 8.01. The number of ether oxygens (including phenoxy) is 1. The SMILES string of the molecule is COc1noc(CC(=O)N2CCC(c3ccccc3)CC2)c1C. The van der Waals surface area contributed by atoms with Gasteiger partial charge in [0, 0.05) is 13.1 Å². The van der Waals surface area contributed by atoms with Gasteiger partial charge in [0.25, 0.3) is 5.88 Å². The van der Waals surface area contributed by atoms with E-state index in [0.717, 1.165) is 31.5 Å². The molecule has 0 saturated carbocycles. The smallest absolute Gasteiger partial charge is 0.257 e. The molecular weight excluding hydrogens is 292 g/mol. The van der Waals surface area contributed by atoms with Crippen molar-refractivity contribution in [3.8, 4) is 5.88 Å². The van der Waals surface area contributed by atoms with Crippen LogP contribution >= 0.6 is 0 Å². The lowest BCUT2D eigenvalue weighted by molar-refractivity contribution is -0.131. The number of methoxy groups -OCH3 is 1. The molecule has 2 heterocycles. The van der Waals surface area contributed by atoms with Crippen LogP contribution in [0, 0.1) is 6.92 Å². The molecule has 0 unspecified atom stereocenters. The Morgan fingerprint density at radius 3 is 2.61 bits per heavy atom. The summed E-state index contributed by atoms with van der Waals surface area (Å²) in [6, 6.07) is 10.5. The van der Waals surface area contributed by atoms with Crippen LogP contribution in [0.1, 0.15) is 35.6 Å². The topological polar surface area (TPSA) is 55.6 Å². The fourth-order valence-corrected chi connectivity index (χ4v) is 3.14. The predicted octanol–water partition coefficient (Wildman–Crippen LogP) is 2.94. The minimum atomic E-state index is 0.0958. The number of carbonyl (C=O) groups excluding carboxylic acids is 1. The van der Waals surface area contributed by atoms with Gasteiger partial charge in [0.1, 0.15) is 0 Å². The summed E-state index contributed by atoms with van der Waals surface area (Å²) in [4.78, 5) is 14.4. The van der Waals surface area contributed by atoms with Crippen molar-refractivity contribution in [2.75, 3.05) is 20.2 Å². The molecular formula is C18H22N2O3. The Balaban J connectivity index is 1.57. The van der Waals surface area contributed by atoms with E-state index in [0.29, 0.717) is 17.6 Å². The molecule has 1 amide bonds. The van der Waals surface area contributed by atoms with Gasteiger partial charge in [-0.25, -0.2) is 0 Å². The minimum Gasteiger partial charge on any atom is -0.479 e. The molecule has 2 aromatic rings. The van der Waals surface area contributed by atoms with E-state index in [1.165, 1.54) is 5.56 Å². The molecule has 1 aromatic carbocycles. The van der Waals surface area contributed by atoms with Gasteiger partial charge in [-0.15, -0.1) is 0 Å². The zero-order chi connectivity index (χ0) is 16.2. The zero-order valence-electron chi connectivity index (χ0n) is 13.6. The number of rotatable bonds is 4. The van der Waals surface area contributed by atoms with Gasteiger partial charge < -0.3 is 14.2 Å². The summed E-state index contributed by atoms with van der Waals surface area (Å²) in [5, 5.41) is 3.82. The zero-order valence-corrected chi connectivity index (χ0v) is 13.6. The van der Waals surface area contributed by atoms with Crippen LogP contribution in [0.15, 0.2) is 34.9 Å². The normalized spacial score (nSPS) is 15.7. The molecule has 1 aliphatic rings. The van der Waals surface area contributed by atoms with Crippen LogP contribution in [0.2, 0.25) is 0 Å². The second kappa shape index (κ2) is 6.86. The van der Waals surface area contributed by atoms with Crippen molar-refractivity contribution in [1.82, 2.24) is 10.1 Å². The Labute approximate surface area is 136 Å². The van der Waals surface area contributed by atoms with Gasteiger partial charge in [0.15, 0.2) is 5.76 Å². The minimum absolute atomic E-state index is 0.0958. The maximum Gasteiger partial charge on any atom is 0.257 e. The molecule has 5 nitrogen and oxygen atoms in total. The number of benzene rings is 1. The molecule has 0 bridgehead atoms. The van der Waals surface area contributed by atoms with E-state index in [9.17, 15) is 4.79 Å². The third kappa shape index (κ3) is 3.38. The molecule has 23 heavy (non-hydrogen) atoms. The van der Waals surface area contributed by atoms with E-state index < -0.39 is 0 Å². The standard InChI is InChI=1S/C18H22N2O3/c1-13-16(23-19-18(13)22-2)12-17(21)20-10-8-15(9-11-20)14-6-4-3-5-7-14/h3-7,15H,8-12H2,1-2H3. The molecule has 122 valence electrons. The van der Waals surface area contributed by atoms with Crippen LogP contribution in [-0.4, -0.2) is 36.2 Å². The molecule has 0 aliphatic carbocycles. The lowest BCUT2D eigenvalue weighted by Crippen LogP contribution is -2.38. The summed E-state index contributed by atoms with van der Waals surface area (Å²) in [6.07, 6.45) is 2.26. The highest BCUT2D eigenvalue weighted by Gasteiger charge is 2.25. The van der Waals surface area contributed by atoms with Crippen molar-refractivity contribution in [1.29, 1.82) is 0 Å². The van der Waals surface area contributed by atoms with Crippen LogP contribution in [0.4, 0.5) is 0 Å². The average molecular weight is 314 g/mol. The summed E-state index contributed by atoms with van der Waals surface area (Å²) in [5.74, 6) is 1.69. The van der Waals surface area contributed by atoms with Gasteiger partial charge in [-0.3, -0.25) is 4.79 Å². The highest BCUT2D eigenvalue weighted by Crippen LogP contribution is 2.28. The maximum absolute atomic E-state index is 12.5. The molecule has 1 aliphatic heterocycles. The van der Waals surface area contributed by atoms with E-state index >= 15 is 0 Å². The van der Waals surface area contributed by atoms with Gasteiger partial charge in [0.2, 0.25) is 5.91 Å². The van der Waals surface area contributed by atoms with Gasteiger partial charge in [0.05, 0.1) is 19.1 Å². The Morgan fingerprint density at radius 2 is 2.00 bits per heavy atom. The maximum atomic E-state index is 12.5. The van der Waals surface area contributed by atoms with Crippen molar-refractivity contribution in [2.24, 2.45) is 0 Å². The highest BCUT2D eigenvalue weighted by molar-refractivity contribution is 5.78. The molecule has 5 heteroatoms. The predicted molar refractivity (Wildman–Crippen MR) is 86.5 cm³/mol. The lowest BCUT2D eigenvalue weighted by Gasteiger charge is -2.32. The third-order valence-electron chi connectivity index (χ3n) is 4.60. The van der Waals surface area contributed by atoms with Crippen molar-refractivity contribution in [2.45, 2.75) is 32.1 Å². The summed E-state index contributed by atoms with van der Waals surface area (Å²) < 4.78 is 10.3. The van der Waals surface area contributed by atoms with Crippen molar-refractivity contribution >= 4 is 5.91 Å². The largest absolute Gasteiger partial charge is 0.479 e. The fraction of sp³-hybridized carbons (Fsp3) is 0.444. The van der Waals surface area contributed by atoms with Crippen molar-refractivity contribution in [3.05, 3.63) is 47.2 Å². The van der Waals surface area contributed by atoms with Crippen molar-refractivity contribution in [3.63, 3.8) is 0 Å². The van der Waals surface area contributed by atoms with E-state index in [1.54, 1.807) is 7.11 Å². The number of carbonyl (C=O) groups is 1. The first-order valence-electron chi connectivity index (χ1n) is 8.01. The Bertz CT molecular complexity index is 658. The Morgan fingerprint density at radius 1 is 1.30 bits per heavy atom. The van der Waals surface area contributed by atoms with Crippen LogP contribution < -0.4 is 4.74 Å². The van der Waals surface area contributed by atoms with E-state index in [2.05, 4.69) is 29.4 Å². The van der Waals surface area contributed by atoms with E-state index in [-0.39, 0.29) is 12.3 Å². The first kappa shape index (κ1) is 15.6. The van der Waals surface area contributed by atoms with Crippen molar-refractivity contribution < 1.29 is 14.1 Å². The van der Waals surface area contributed by atoms with E-state index in [4.69, 9.17) is 9.26 Å². The first-order chi connectivity index (χ1) is 11.2. The van der Waals surface area contributed by atoms with Gasteiger partial charge in [-0.1, -0.05) is 30.3 Å². The summed E-state index contributed by atoms with van der Waals surface area (Å²) in [7, 11) is 1.55. The average Bonchev–Trinajstić information content (AvgIpc) is 2.96. The molecule has 1 fully saturated rings.